The van der Waals surface area contributed by atoms with E-state index in [2.05, 4.69) is 36.4 Å². The van der Waals surface area contributed by atoms with E-state index in [1.165, 1.54) is 12.1 Å². The van der Waals surface area contributed by atoms with Crippen molar-refractivity contribution >= 4 is 21.8 Å². The second kappa shape index (κ2) is 6.34. The molecule has 7 heteroatoms. The van der Waals surface area contributed by atoms with Crippen LogP contribution < -0.4 is 5.32 Å². The van der Waals surface area contributed by atoms with Crippen LogP contribution in [0, 0.1) is 18.7 Å². The summed E-state index contributed by atoms with van der Waals surface area (Å²) < 4.78 is 14.4. The van der Waals surface area contributed by atoms with Crippen molar-refractivity contribution < 1.29 is 9.18 Å². The number of hydrogen-bond donors (Lipinski definition) is 2. The molecule has 0 aliphatic heterocycles. The second-order valence-corrected chi connectivity index (χ2v) is 6.01. The molecule has 2 aromatic rings. The Bertz CT molecular complexity index is 656. The monoisotopic (exact) mass is 354 g/mol. The van der Waals surface area contributed by atoms with Crippen LogP contribution in [0.2, 0.25) is 0 Å². The normalized spacial score (nSPS) is 12.5. The van der Waals surface area contributed by atoms with Crippen LogP contribution in [0.3, 0.4) is 0 Å². The summed E-state index contributed by atoms with van der Waals surface area (Å²) >= 11 is 3.23. The first kappa shape index (κ1) is 15.6. The molecule has 0 saturated carbocycles. The molecule has 1 aromatic heterocycles. The van der Waals surface area contributed by atoms with Crippen molar-refractivity contribution in [3.8, 4) is 0 Å². The van der Waals surface area contributed by atoms with Crippen molar-refractivity contribution in [1.29, 1.82) is 0 Å². The lowest BCUT2D eigenvalue weighted by Gasteiger charge is -2.19. The number of halogens is 2. The van der Waals surface area contributed by atoms with Gasteiger partial charge in [-0.3, -0.25) is 9.89 Å². The fourth-order valence-corrected chi connectivity index (χ4v) is 2.28. The molecule has 112 valence electrons. The Morgan fingerprint density at radius 2 is 2.14 bits per heavy atom. The van der Waals surface area contributed by atoms with E-state index >= 15 is 0 Å². The summed E-state index contributed by atoms with van der Waals surface area (Å²) in [6.07, 6.45) is 0. The van der Waals surface area contributed by atoms with E-state index in [4.69, 9.17) is 0 Å². The highest BCUT2D eigenvalue weighted by Gasteiger charge is 2.24. The number of rotatable bonds is 4. The van der Waals surface area contributed by atoms with Gasteiger partial charge in [-0.05, 0) is 31.0 Å². The van der Waals surface area contributed by atoms with E-state index in [9.17, 15) is 9.18 Å². The predicted octanol–water partition coefficient (Wildman–Crippen LogP) is 3.14. The van der Waals surface area contributed by atoms with E-state index in [1.807, 2.05) is 13.8 Å². The van der Waals surface area contributed by atoms with Crippen LogP contribution in [-0.2, 0) is 0 Å². The van der Waals surface area contributed by atoms with Gasteiger partial charge < -0.3 is 5.32 Å². The van der Waals surface area contributed by atoms with Gasteiger partial charge in [0, 0.05) is 4.47 Å². The number of nitrogens with zero attached hydrogens (tertiary/aromatic N) is 2. The summed E-state index contributed by atoms with van der Waals surface area (Å²) in [7, 11) is 0. The summed E-state index contributed by atoms with van der Waals surface area (Å²) in [5.41, 5.74) is -0.0118. The number of H-pyrrole nitrogens is 1. The molecule has 1 atom stereocenters. The molecule has 1 aromatic carbocycles. The zero-order valence-electron chi connectivity index (χ0n) is 11.9. The maximum absolute atomic E-state index is 13.8. The Labute approximate surface area is 130 Å². The van der Waals surface area contributed by atoms with Crippen LogP contribution in [0.5, 0.6) is 0 Å². The average Bonchev–Trinajstić information content (AvgIpc) is 2.84. The predicted molar refractivity (Wildman–Crippen MR) is 80.3 cm³/mol. The maximum Gasteiger partial charge on any atom is 0.254 e. The van der Waals surface area contributed by atoms with Crippen molar-refractivity contribution in [3.05, 3.63) is 45.7 Å². The molecule has 0 spiro atoms. The largest absolute Gasteiger partial charge is 0.342 e. The number of aromatic amines is 1. The number of hydrogen-bond acceptors (Lipinski definition) is 3. The molecule has 2 rings (SSSR count). The lowest BCUT2D eigenvalue weighted by molar-refractivity contribution is 0.0919. The number of carbonyl (C=O) groups is 1. The molecule has 0 bridgehead atoms. The van der Waals surface area contributed by atoms with Gasteiger partial charge in [0.2, 0.25) is 0 Å². The summed E-state index contributed by atoms with van der Waals surface area (Å²) in [6, 6.07) is 3.86. The fraction of sp³-hybridized carbons (Fsp3) is 0.357. The Kier molecular flexibility index (Phi) is 4.72. The van der Waals surface area contributed by atoms with E-state index in [-0.39, 0.29) is 17.5 Å². The van der Waals surface area contributed by atoms with E-state index in [0.29, 0.717) is 16.1 Å². The van der Waals surface area contributed by atoms with E-state index < -0.39 is 11.7 Å². The van der Waals surface area contributed by atoms with Gasteiger partial charge in [0.25, 0.3) is 5.91 Å². The number of amides is 1. The lowest BCUT2D eigenvalue weighted by atomic mass is 10.0. The van der Waals surface area contributed by atoms with Crippen molar-refractivity contribution in [1.82, 2.24) is 20.5 Å². The van der Waals surface area contributed by atoms with Crippen LogP contribution in [0.4, 0.5) is 4.39 Å². The molecule has 0 saturated heterocycles. The first-order valence-electron chi connectivity index (χ1n) is 6.53. The summed E-state index contributed by atoms with van der Waals surface area (Å²) in [5, 5.41) is 9.60. The van der Waals surface area contributed by atoms with Gasteiger partial charge in [-0.1, -0.05) is 29.8 Å². The van der Waals surface area contributed by atoms with Crippen LogP contribution in [-0.4, -0.2) is 21.1 Å². The number of aromatic nitrogens is 3. The van der Waals surface area contributed by atoms with Crippen molar-refractivity contribution in [2.45, 2.75) is 26.8 Å². The molecule has 0 aliphatic carbocycles. The van der Waals surface area contributed by atoms with Crippen molar-refractivity contribution in [3.63, 3.8) is 0 Å². The minimum Gasteiger partial charge on any atom is -0.342 e. The summed E-state index contributed by atoms with van der Waals surface area (Å²) in [4.78, 5) is 16.5. The summed E-state index contributed by atoms with van der Waals surface area (Å²) in [5.74, 6) is 0.170. The molecule has 0 radical (unpaired) electrons. The molecular formula is C14H16BrFN4O. The van der Waals surface area contributed by atoms with Gasteiger partial charge in [0.1, 0.15) is 11.6 Å². The molecule has 1 heterocycles. The molecule has 1 unspecified atom stereocenters. The van der Waals surface area contributed by atoms with Gasteiger partial charge in [0.05, 0.1) is 11.6 Å². The molecule has 5 nitrogen and oxygen atoms in total. The van der Waals surface area contributed by atoms with E-state index in [0.717, 1.165) is 0 Å². The second-order valence-electron chi connectivity index (χ2n) is 5.10. The van der Waals surface area contributed by atoms with Crippen molar-refractivity contribution in [2.24, 2.45) is 5.92 Å². The number of nitrogens with one attached hydrogen (secondary N) is 2. The quantitative estimate of drug-likeness (QED) is 0.885. The minimum atomic E-state index is -0.565. The first-order chi connectivity index (χ1) is 9.88. The third kappa shape index (κ3) is 3.66. The molecule has 1 amide bonds. The Hall–Kier alpha value is -1.76. The third-order valence-corrected chi connectivity index (χ3v) is 3.51. The average molecular weight is 355 g/mol. The minimum absolute atomic E-state index is 0.0118. The van der Waals surface area contributed by atoms with E-state index in [1.54, 1.807) is 13.0 Å². The maximum atomic E-state index is 13.8. The van der Waals surface area contributed by atoms with Crippen LogP contribution >= 0.6 is 15.9 Å². The number of benzene rings is 1. The Morgan fingerprint density at radius 3 is 2.71 bits per heavy atom. The lowest BCUT2D eigenvalue weighted by Crippen LogP contribution is -2.33. The fourth-order valence-electron chi connectivity index (χ4n) is 1.92. The number of aryl methyl sites for hydroxylation is 1. The van der Waals surface area contributed by atoms with Gasteiger partial charge in [-0.2, -0.15) is 5.10 Å². The zero-order valence-corrected chi connectivity index (χ0v) is 13.5. The highest BCUT2D eigenvalue weighted by Crippen LogP contribution is 2.21. The van der Waals surface area contributed by atoms with Gasteiger partial charge in [0.15, 0.2) is 5.82 Å². The third-order valence-electron chi connectivity index (χ3n) is 3.02. The SMILES string of the molecule is Cc1nc(C(NC(=O)c2cc(Br)ccc2F)C(C)C)n[nH]1. The Morgan fingerprint density at radius 1 is 1.43 bits per heavy atom. The zero-order chi connectivity index (χ0) is 15.6. The molecule has 21 heavy (non-hydrogen) atoms. The van der Waals surface area contributed by atoms with Gasteiger partial charge in [-0.15, -0.1) is 0 Å². The molecule has 2 N–H and O–H groups in total. The highest BCUT2D eigenvalue weighted by atomic mass is 79.9. The van der Waals surface area contributed by atoms with Gasteiger partial charge in [-0.25, -0.2) is 9.37 Å². The molecule has 0 fully saturated rings. The standard InChI is InChI=1S/C14H16BrFN4O/c1-7(2)12(13-17-8(3)19-20-13)18-14(21)10-6-9(15)4-5-11(10)16/h4-7,12H,1-3H3,(H,18,21)(H,17,19,20). The Balaban J connectivity index is 2.25. The topological polar surface area (TPSA) is 70.7 Å². The first-order valence-corrected chi connectivity index (χ1v) is 7.32. The molecule has 0 aliphatic rings. The van der Waals surface area contributed by atoms with Crippen molar-refractivity contribution in [2.75, 3.05) is 0 Å². The van der Waals surface area contributed by atoms with Crippen LogP contribution in [0.25, 0.3) is 0 Å². The molecular weight excluding hydrogens is 339 g/mol. The van der Waals surface area contributed by atoms with Crippen LogP contribution in [0.1, 0.15) is 41.9 Å². The highest BCUT2D eigenvalue weighted by molar-refractivity contribution is 9.10. The smallest absolute Gasteiger partial charge is 0.254 e. The van der Waals surface area contributed by atoms with Gasteiger partial charge >= 0.3 is 0 Å². The van der Waals surface area contributed by atoms with Crippen LogP contribution in [0.15, 0.2) is 22.7 Å². The summed E-state index contributed by atoms with van der Waals surface area (Å²) in [6.45, 7) is 5.66. The number of carbonyl (C=O) groups excluding carboxylic acids is 1.